The van der Waals surface area contributed by atoms with Crippen LogP contribution in [0.25, 0.3) is 0 Å². The standard InChI is InChI=1S/C16H18S/c1-12-6-4-5-7-14(12)10-15-11-16(17-3)9-8-13(15)2/h4-9,11H,10H2,1-3H3. The van der Waals surface area contributed by atoms with E-state index in [-0.39, 0.29) is 0 Å². The van der Waals surface area contributed by atoms with Crippen LogP contribution in [0.1, 0.15) is 22.3 Å². The highest BCUT2D eigenvalue weighted by Gasteiger charge is 2.03. The maximum absolute atomic E-state index is 2.31. The van der Waals surface area contributed by atoms with Gasteiger partial charge in [0.1, 0.15) is 0 Å². The molecular weight excluding hydrogens is 224 g/mol. The van der Waals surface area contributed by atoms with Crippen LogP contribution in [0.2, 0.25) is 0 Å². The Morgan fingerprint density at radius 1 is 0.882 bits per heavy atom. The molecule has 0 saturated heterocycles. The molecule has 0 aromatic heterocycles. The minimum Gasteiger partial charge on any atom is -0.130 e. The highest BCUT2D eigenvalue weighted by atomic mass is 32.2. The van der Waals surface area contributed by atoms with E-state index >= 15 is 0 Å². The Kier molecular flexibility index (Phi) is 3.90. The van der Waals surface area contributed by atoms with E-state index in [1.165, 1.54) is 27.1 Å². The van der Waals surface area contributed by atoms with E-state index < -0.39 is 0 Å². The van der Waals surface area contributed by atoms with E-state index in [1.807, 2.05) is 0 Å². The third kappa shape index (κ3) is 2.92. The molecular formula is C16H18S. The highest BCUT2D eigenvalue weighted by Crippen LogP contribution is 2.22. The molecule has 0 aliphatic heterocycles. The summed E-state index contributed by atoms with van der Waals surface area (Å²) in [5, 5.41) is 0. The van der Waals surface area contributed by atoms with Gasteiger partial charge < -0.3 is 0 Å². The summed E-state index contributed by atoms with van der Waals surface area (Å²) >= 11 is 1.81. The molecule has 0 N–H and O–H groups in total. The van der Waals surface area contributed by atoms with Crippen molar-refractivity contribution in [2.24, 2.45) is 0 Å². The van der Waals surface area contributed by atoms with Gasteiger partial charge in [-0.3, -0.25) is 0 Å². The number of hydrogen-bond acceptors (Lipinski definition) is 1. The lowest BCUT2D eigenvalue weighted by Crippen LogP contribution is -1.94. The molecule has 0 aliphatic rings. The van der Waals surface area contributed by atoms with Crippen molar-refractivity contribution in [2.45, 2.75) is 25.2 Å². The minimum atomic E-state index is 1.03. The first-order valence-corrected chi connectivity index (χ1v) is 7.11. The van der Waals surface area contributed by atoms with Gasteiger partial charge in [0.15, 0.2) is 0 Å². The summed E-state index contributed by atoms with van der Waals surface area (Å²) in [4.78, 5) is 1.35. The first-order chi connectivity index (χ1) is 8.20. The minimum absolute atomic E-state index is 1.03. The number of benzene rings is 2. The van der Waals surface area contributed by atoms with Gasteiger partial charge in [-0.05, 0) is 60.9 Å². The number of thioether (sulfide) groups is 1. The zero-order valence-corrected chi connectivity index (χ0v) is 11.5. The Labute approximate surface area is 108 Å². The molecule has 88 valence electrons. The van der Waals surface area contributed by atoms with Crippen molar-refractivity contribution in [3.63, 3.8) is 0 Å². The highest BCUT2D eigenvalue weighted by molar-refractivity contribution is 7.98. The van der Waals surface area contributed by atoms with Gasteiger partial charge in [-0.1, -0.05) is 30.3 Å². The maximum atomic E-state index is 2.31. The number of rotatable bonds is 3. The van der Waals surface area contributed by atoms with Crippen molar-refractivity contribution in [1.29, 1.82) is 0 Å². The molecule has 0 amide bonds. The first-order valence-electron chi connectivity index (χ1n) is 5.88. The topological polar surface area (TPSA) is 0 Å². The average Bonchev–Trinajstić information content (AvgIpc) is 2.35. The molecule has 0 unspecified atom stereocenters. The smallest absolute Gasteiger partial charge is 0.00721 e. The van der Waals surface area contributed by atoms with Gasteiger partial charge in [-0.25, -0.2) is 0 Å². The Hall–Kier alpha value is -1.21. The molecule has 2 rings (SSSR count). The molecule has 0 fully saturated rings. The molecule has 0 atom stereocenters. The molecule has 0 bridgehead atoms. The summed E-state index contributed by atoms with van der Waals surface area (Å²) in [5.74, 6) is 0. The van der Waals surface area contributed by atoms with Crippen LogP contribution in [-0.4, -0.2) is 6.26 Å². The van der Waals surface area contributed by atoms with Crippen LogP contribution in [0.5, 0.6) is 0 Å². The van der Waals surface area contributed by atoms with Gasteiger partial charge in [0.2, 0.25) is 0 Å². The molecule has 2 aromatic carbocycles. The summed E-state index contributed by atoms with van der Waals surface area (Å²) in [6, 6.07) is 15.4. The molecule has 0 radical (unpaired) electrons. The summed E-state index contributed by atoms with van der Waals surface area (Å²) in [6.07, 6.45) is 3.16. The lowest BCUT2D eigenvalue weighted by atomic mass is 9.98. The normalized spacial score (nSPS) is 10.5. The lowest BCUT2D eigenvalue weighted by Gasteiger charge is -2.10. The van der Waals surface area contributed by atoms with Crippen LogP contribution in [-0.2, 0) is 6.42 Å². The zero-order chi connectivity index (χ0) is 12.3. The van der Waals surface area contributed by atoms with Crippen LogP contribution in [0.3, 0.4) is 0 Å². The molecule has 0 nitrogen and oxygen atoms in total. The van der Waals surface area contributed by atoms with Crippen molar-refractivity contribution in [1.82, 2.24) is 0 Å². The predicted molar refractivity (Wildman–Crippen MR) is 76.9 cm³/mol. The Morgan fingerprint density at radius 3 is 2.29 bits per heavy atom. The van der Waals surface area contributed by atoms with Crippen LogP contribution in [0.15, 0.2) is 47.4 Å². The Balaban J connectivity index is 2.32. The molecule has 0 aliphatic carbocycles. The van der Waals surface area contributed by atoms with Gasteiger partial charge in [0, 0.05) is 4.90 Å². The summed E-state index contributed by atoms with van der Waals surface area (Å²) < 4.78 is 0. The summed E-state index contributed by atoms with van der Waals surface area (Å²) in [6.45, 7) is 4.38. The molecule has 2 aromatic rings. The second-order valence-corrected chi connectivity index (χ2v) is 5.28. The van der Waals surface area contributed by atoms with Crippen molar-refractivity contribution in [3.8, 4) is 0 Å². The number of aryl methyl sites for hydroxylation is 2. The van der Waals surface area contributed by atoms with Crippen LogP contribution in [0, 0.1) is 13.8 Å². The average molecular weight is 242 g/mol. The van der Waals surface area contributed by atoms with Gasteiger partial charge >= 0.3 is 0 Å². The third-order valence-electron chi connectivity index (χ3n) is 3.20. The summed E-state index contributed by atoms with van der Waals surface area (Å²) in [7, 11) is 0. The monoisotopic (exact) mass is 242 g/mol. The van der Waals surface area contributed by atoms with Crippen molar-refractivity contribution in [2.75, 3.05) is 6.26 Å². The van der Waals surface area contributed by atoms with E-state index in [9.17, 15) is 0 Å². The van der Waals surface area contributed by atoms with Gasteiger partial charge in [0.05, 0.1) is 0 Å². The van der Waals surface area contributed by atoms with Crippen molar-refractivity contribution >= 4 is 11.8 Å². The first kappa shape index (κ1) is 12.3. The summed E-state index contributed by atoms with van der Waals surface area (Å²) in [5.41, 5.74) is 5.62. The fraction of sp³-hybridized carbons (Fsp3) is 0.250. The quantitative estimate of drug-likeness (QED) is 0.708. The molecule has 17 heavy (non-hydrogen) atoms. The van der Waals surface area contributed by atoms with Crippen LogP contribution >= 0.6 is 11.8 Å². The van der Waals surface area contributed by atoms with E-state index in [2.05, 4.69) is 62.6 Å². The van der Waals surface area contributed by atoms with E-state index in [0.717, 1.165) is 6.42 Å². The Bertz CT molecular complexity index is 515. The zero-order valence-electron chi connectivity index (χ0n) is 10.7. The van der Waals surface area contributed by atoms with Crippen LogP contribution in [0.4, 0.5) is 0 Å². The maximum Gasteiger partial charge on any atom is 0.00721 e. The van der Waals surface area contributed by atoms with Crippen molar-refractivity contribution in [3.05, 3.63) is 64.7 Å². The molecule has 0 saturated carbocycles. The van der Waals surface area contributed by atoms with E-state index in [1.54, 1.807) is 11.8 Å². The second kappa shape index (κ2) is 5.42. The Morgan fingerprint density at radius 2 is 1.59 bits per heavy atom. The number of hydrogen-bond donors (Lipinski definition) is 0. The fourth-order valence-corrected chi connectivity index (χ4v) is 2.44. The van der Waals surface area contributed by atoms with Crippen molar-refractivity contribution < 1.29 is 0 Å². The van der Waals surface area contributed by atoms with Gasteiger partial charge in [0.25, 0.3) is 0 Å². The second-order valence-electron chi connectivity index (χ2n) is 4.40. The molecule has 1 heteroatoms. The van der Waals surface area contributed by atoms with Gasteiger partial charge in [-0.2, -0.15) is 0 Å². The molecule has 0 spiro atoms. The third-order valence-corrected chi connectivity index (χ3v) is 3.92. The molecule has 0 heterocycles. The van der Waals surface area contributed by atoms with E-state index in [0.29, 0.717) is 0 Å². The van der Waals surface area contributed by atoms with Gasteiger partial charge in [-0.15, -0.1) is 11.8 Å². The SMILES string of the molecule is CSc1ccc(C)c(Cc2ccccc2C)c1. The fourth-order valence-electron chi connectivity index (χ4n) is 1.98. The van der Waals surface area contributed by atoms with Crippen LogP contribution < -0.4 is 0 Å². The van der Waals surface area contributed by atoms with E-state index in [4.69, 9.17) is 0 Å². The largest absolute Gasteiger partial charge is 0.130 e. The predicted octanol–water partition coefficient (Wildman–Crippen LogP) is 4.62. The lowest BCUT2D eigenvalue weighted by molar-refractivity contribution is 1.11.